The van der Waals surface area contributed by atoms with Crippen molar-refractivity contribution in [3.63, 3.8) is 0 Å². The van der Waals surface area contributed by atoms with E-state index in [0.29, 0.717) is 24.6 Å². The molecule has 2 rings (SSSR count). The van der Waals surface area contributed by atoms with E-state index in [4.69, 9.17) is 0 Å². The summed E-state index contributed by atoms with van der Waals surface area (Å²) in [7, 11) is 0. The molecule has 100 valence electrons. The van der Waals surface area contributed by atoms with E-state index in [9.17, 15) is 8.78 Å². The number of benzene rings is 1. The third-order valence-electron chi connectivity index (χ3n) is 3.42. The third kappa shape index (κ3) is 3.50. The van der Waals surface area contributed by atoms with Crippen molar-refractivity contribution in [3.8, 4) is 0 Å². The minimum absolute atomic E-state index is 0.168. The molecule has 0 spiro atoms. The predicted octanol–water partition coefficient (Wildman–Crippen LogP) is 2.24. The molecule has 1 saturated heterocycles. The number of rotatable bonds is 4. The van der Waals surface area contributed by atoms with E-state index in [1.54, 1.807) is 0 Å². The molecule has 0 amide bonds. The van der Waals surface area contributed by atoms with Gasteiger partial charge >= 0.3 is 0 Å². The average molecular weight is 254 g/mol. The Kier molecular flexibility index (Phi) is 3.97. The van der Waals surface area contributed by atoms with Gasteiger partial charge in [-0.15, -0.1) is 0 Å². The topological polar surface area (TPSA) is 24.1 Å². The maximum atomic E-state index is 13.4. The Bertz CT molecular complexity index is 418. The van der Waals surface area contributed by atoms with Crippen LogP contribution in [0, 0.1) is 11.6 Å². The van der Waals surface area contributed by atoms with Gasteiger partial charge in [-0.3, -0.25) is 0 Å². The van der Waals surface area contributed by atoms with Crippen molar-refractivity contribution in [1.82, 2.24) is 10.6 Å². The zero-order valence-corrected chi connectivity index (χ0v) is 10.9. The maximum Gasteiger partial charge on any atom is 0.126 e. The van der Waals surface area contributed by atoms with Gasteiger partial charge in [-0.25, -0.2) is 8.78 Å². The number of hydrogen-bond donors (Lipinski definition) is 2. The summed E-state index contributed by atoms with van der Waals surface area (Å²) in [5.41, 5.74) is 0.606. The molecule has 4 heteroatoms. The van der Waals surface area contributed by atoms with Gasteiger partial charge in [0.15, 0.2) is 0 Å². The van der Waals surface area contributed by atoms with E-state index in [0.717, 1.165) is 19.0 Å². The molecule has 1 heterocycles. The fourth-order valence-electron chi connectivity index (χ4n) is 2.45. The number of halogens is 2. The Hall–Kier alpha value is -1.00. The van der Waals surface area contributed by atoms with Crippen molar-refractivity contribution >= 4 is 0 Å². The van der Waals surface area contributed by atoms with Gasteiger partial charge in [0, 0.05) is 18.1 Å². The van der Waals surface area contributed by atoms with Crippen LogP contribution in [0.4, 0.5) is 8.78 Å². The van der Waals surface area contributed by atoms with Crippen LogP contribution in [0.1, 0.15) is 25.8 Å². The predicted molar refractivity (Wildman–Crippen MR) is 68.6 cm³/mol. The van der Waals surface area contributed by atoms with E-state index in [2.05, 4.69) is 24.5 Å². The molecule has 2 N–H and O–H groups in total. The van der Waals surface area contributed by atoms with Gasteiger partial charge in [0.1, 0.15) is 11.6 Å². The van der Waals surface area contributed by atoms with E-state index in [1.807, 2.05) is 0 Å². The lowest BCUT2D eigenvalue weighted by Gasteiger charge is -2.17. The van der Waals surface area contributed by atoms with Gasteiger partial charge in [-0.05, 0) is 57.0 Å². The molecule has 1 aliphatic rings. The fraction of sp³-hybridized carbons (Fsp3) is 0.571. The third-order valence-corrected chi connectivity index (χ3v) is 3.42. The van der Waals surface area contributed by atoms with Crippen molar-refractivity contribution in [1.29, 1.82) is 0 Å². The summed E-state index contributed by atoms with van der Waals surface area (Å²) in [6.07, 6.45) is 1.57. The second-order valence-corrected chi connectivity index (χ2v) is 5.61. The first-order valence-corrected chi connectivity index (χ1v) is 6.39. The van der Waals surface area contributed by atoms with Gasteiger partial charge in [0.2, 0.25) is 0 Å². The monoisotopic (exact) mass is 254 g/mol. The van der Waals surface area contributed by atoms with E-state index >= 15 is 0 Å². The largest absolute Gasteiger partial charge is 0.312 e. The van der Waals surface area contributed by atoms with Crippen LogP contribution < -0.4 is 10.6 Å². The highest BCUT2D eigenvalue weighted by Crippen LogP contribution is 2.17. The number of hydrogen-bond acceptors (Lipinski definition) is 2. The molecule has 1 aliphatic heterocycles. The van der Waals surface area contributed by atoms with Crippen molar-refractivity contribution in [2.24, 2.45) is 0 Å². The lowest BCUT2D eigenvalue weighted by molar-refractivity contribution is 0.442. The first kappa shape index (κ1) is 13.4. The standard InChI is InChI=1S/C14H20F2N2/c1-14(2)8-12(9-18-14)17-6-5-10-7-11(15)3-4-13(10)16/h3-4,7,12,17-18H,5-6,8-9H2,1-2H3. The summed E-state index contributed by atoms with van der Waals surface area (Å²) in [5.74, 6) is -0.710. The van der Waals surface area contributed by atoms with Crippen molar-refractivity contribution in [2.45, 2.75) is 38.3 Å². The number of nitrogens with one attached hydrogen (secondary N) is 2. The molecule has 18 heavy (non-hydrogen) atoms. The van der Waals surface area contributed by atoms with Gasteiger partial charge in [-0.2, -0.15) is 0 Å². The summed E-state index contributed by atoms with van der Waals surface area (Å²) in [6, 6.07) is 4.02. The molecule has 0 radical (unpaired) electrons. The molecule has 1 aromatic rings. The quantitative estimate of drug-likeness (QED) is 0.861. The smallest absolute Gasteiger partial charge is 0.126 e. The summed E-state index contributed by atoms with van der Waals surface area (Å²) in [6.45, 7) is 5.93. The first-order chi connectivity index (χ1) is 8.46. The van der Waals surface area contributed by atoms with Crippen LogP contribution in [0.5, 0.6) is 0 Å². The van der Waals surface area contributed by atoms with E-state index < -0.39 is 0 Å². The molecule has 0 aromatic heterocycles. The van der Waals surface area contributed by atoms with Crippen molar-refractivity contribution in [2.75, 3.05) is 13.1 Å². The lowest BCUT2D eigenvalue weighted by atomic mass is 10.0. The van der Waals surface area contributed by atoms with Crippen LogP contribution in [0.3, 0.4) is 0 Å². The maximum absolute atomic E-state index is 13.4. The zero-order valence-electron chi connectivity index (χ0n) is 10.9. The molecule has 2 nitrogen and oxygen atoms in total. The van der Waals surface area contributed by atoms with Crippen molar-refractivity contribution < 1.29 is 8.78 Å². The van der Waals surface area contributed by atoms with E-state index in [-0.39, 0.29) is 17.2 Å². The minimum atomic E-state index is -0.380. The normalized spacial score (nSPS) is 22.3. The molecule has 0 saturated carbocycles. The summed E-state index contributed by atoms with van der Waals surface area (Å²) >= 11 is 0. The van der Waals surface area contributed by atoms with Crippen LogP contribution in [0.25, 0.3) is 0 Å². The molecule has 1 fully saturated rings. The van der Waals surface area contributed by atoms with Gasteiger partial charge < -0.3 is 10.6 Å². The van der Waals surface area contributed by atoms with Gasteiger partial charge in [0.05, 0.1) is 0 Å². The molecule has 0 bridgehead atoms. The second kappa shape index (κ2) is 5.33. The Morgan fingerprint density at radius 1 is 1.39 bits per heavy atom. The van der Waals surface area contributed by atoms with Crippen molar-refractivity contribution in [3.05, 3.63) is 35.4 Å². The lowest BCUT2D eigenvalue weighted by Crippen LogP contribution is -2.32. The average Bonchev–Trinajstić information content (AvgIpc) is 2.63. The van der Waals surface area contributed by atoms with Crippen LogP contribution in [-0.2, 0) is 6.42 Å². The Balaban J connectivity index is 1.80. The molecular formula is C14H20F2N2. The summed E-state index contributed by atoms with van der Waals surface area (Å²) in [4.78, 5) is 0. The molecule has 1 aromatic carbocycles. The molecule has 1 unspecified atom stereocenters. The van der Waals surface area contributed by atoms with Gasteiger partial charge in [-0.1, -0.05) is 0 Å². The summed E-state index contributed by atoms with van der Waals surface area (Å²) < 4.78 is 26.4. The highest BCUT2D eigenvalue weighted by molar-refractivity contribution is 5.19. The van der Waals surface area contributed by atoms with Crippen LogP contribution >= 0.6 is 0 Å². The van der Waals surface area contributed by atoms with Gasteiger partial charge in [0.25, 0.3) is 0 Å². The zero-order chi connectivity index (χ0) is 13.2. The highest BCUT2D eigenvalue weighted by atomic mass is 19.1. The Morgan fingerprint density at radius 2 is 2.17 bits per heavy atom. The SMILES string of the molecule is CC1(C)CC(NCCc2cc(F)ccc2F)CN1. The highest BCUT2D eigenvalue weighted by Gasteiger charge is 2.29. The minimum Gasteiger partial charge on any atom is -0.312 e. The molecule has 1 atom stereocenters. The Morgan fingerprint density at radius 3 is 2.83 bits per heavy atom. The van der Waals surface area contributed by atoms with Crippen LogP contribution in [-0.4, -0.2) is 24.7 Å². The second-order valence-electron chi connectivity index (χ2n) is 5.61. The molecule has 0 aliphatic carbocycles. The summed E-state index contributed by atoms with van der Waals surface area (Å²) in [5, 5.41) is 6.80. The first-order valence-electron chi connectivity index (χ1n) is 6.39. The van der Waals surface area contributed by atoms with E-state index in [1.165, 1.54) is 12.1 Å². The molecular weight excluding hydrogens is 234 g/mol. The van der Waals surface area contributed by atoms with Crippen LogP contribution in [0.15, 0.2) is 18.2 Å². The fourth-order valence-corrected chi connectivity index (χ4v) is 2.45. The van der Waals surface area contributed by atoms with Crippen LogP contribution in [0.2, 0.25) is 0 Å². The Labute approximate surface area is 107 Å².